The van der Waals surface area contributed by atoms with Crippen molar-refractivity contribution in [2.75, 3.05) is 5.32 Å². The summed E-state index contributed by atoms with van der Waals surface area (Å²) in [4.78, 5) is 34.4. The molecule has 6 heteroatoms. The van der Waals surface area contributed by atoms with E-state index in [1.54, 1.807) is 6.07 Å². The Morgan fingerprint density at radius 3 is 2.48 bits per heavy atom. The quantitative estimate of drug-likeness (QED) is 0.584. The number of carbonyl (C=O) groups is 3. The lowest BCUT2D eigenvalue weighted by Gasteiger charge is -2.26. The van der Waals surface area contributed by atoms with Gasteiger partial charge in [0, 0.05) is 19.3 Å². The van der Waals surface area contributed by atoms with E-state index >= 15 is 0 Å². The molecule has 0 aromatic heterocycles. The maximum atomic E-state index is 11.8. The van der Waals surface area contributed by atoms with E-state index in [4.69, 9.17) is 0 Å². The Kier molecular flexibility index (Phi) is 4.32. The topological polar surface area (TPSA) is 95.5 Å². The number of piperidine rings is 1. The molecular formula is C17H20N2O4. The summed E-state index contributed by atoms with van der Waals surface area (Å²) < 4.78 is 0. The number of hydrogen-bond donors (Lipinski definition) is 3. The molecule has 0 radical (unpaired) electrons. The Labute approximate surface area is 134 Å². The standard InChI is InChI=1S/C17H20N2O4/c20-11-6-4-10(5-7-11)12-2-1-3-13(16(12)22)18-14-8-9-15(21)19-17(14)23/h1-3,10,14,18,22H,4-9H2,(H,19,21,23)/t14-/m0/s1. The van der Waals surface area contributed by atoms with Crippen molar-refractivity contribution in [3.8, 4) is 5.75 Å². The van der Waals surface area contributed by atoms with Crippen molar-refractivity contribution in [1.29, 1.82) is 0 Å². The molecular weight excluding hydrogens is 296 g/mol. The number of para-hydroxylation sites is 1. The van der Waals surface area contributed by atoms with Gasteiger partial charge in [0.1, 0.15) is 17.6 Å². The SMILES string of the molecule is O=C1CCC(c2cccc(N[C@H]3CCC(=O)NC3=O)c2O)CC1. The van der Waals surface area contributed by atoms with Crippen LogP contribution in [0.1, 0.15) is 50.0 Å². The molecule has 1 aromatic rings. The number of aromatic hydroxyl groups is 1. The molecule has 1 aromatic carbocycles. The summed E-state index contributed by atoms with van der Waals surface area (Å²) in [5.74, 6) is -0.0569. The van der Waals surface area contributed by atoms with Gasteiger partial charge in [-0.3, -0.25) is 19.7 Å². The first-order chi connectivity index (χ1) is 11.0. The van der Waals surface area contributed by atoms with Gasteiger partial charge in [-0.1, -0.05) is 12.1 Å². The number of anilines is 1. The van der Waals surface area contributed by atoms with E-state index in [0.717, 1.165) is 18.4 Å². The fraction of sp³-hybridized carbons (Fsp3) is 0.471. The highest BCUT2D eigenvalue weighted by atomic mass is 16.3. The minimum Gasteiger partial charge on any atom is -0.505 e. The molecule has 1 saturated carbocycles. The van der Waals surface area contributed by atoms with Crippen molar-refractivity contribution >= 4 is 23.3 Å². The number of hydrogen-bond acceptors (Lipinski definition) is 5. The minimum absolute atomic E-state index is 0.136. The molecule has 2 fully saturated rings. The van der Waals surface area contributed by atoms with Gasteiger partial charge in [-0.15, -0.1) is 0 Å². The molecule has 1 atom stereocenters. The second-order valence-corrected chi connectivity index (χ2v) is 6.20. The van der Waals surface area contributed by atoms with Crippen LogP contribution in [0.2, 0.25) is 0 Å². The number of carbonyl (C=O) groups excluding carboxylic acids is 3. The molecule has 1 aliphatic carbocycles. The molecule has 0 unspecified atom stereocenters. The smallest absolute Gasteiger partial charge is 0.249 e. The number of amides is 2. The van der Waals surface area contributed by atoms with Crippen LogP contribution in [0.15, 0.2) is 18.2 Å². The molecule has 1 saturated heterocycles. The fourth-order valence-electron chi connectivity index (χ4n) is 3.28. The third-order valence-electron chi connectivity index (χ3n) is 4.62. The highest BCUT2D eigenvalue weighted by molar-refractivity contribution is 6.01. The first kappa shape index (κ1) is 15.5. The van der Waals surface area contributed by atoms with Crippen LogP contribution in [0.3, 0.4) is 0 Å². The molecule has 0 spiro atoms. The molecule has 122 valence electrons. The van der Waals surface area contributed by atoms with Crippen LogP contribution < -0.4 is 10.6 Å². The molecule has 3 rings (SSSR count). The van der Waals surface area contributed by atoms with Crippen LogP contribution in [0.4, 0.5) is 5.69 Å². The Balaban J connectivity index is 1.76. The molecule has 2 aliphatic rings. The van der Waals surface area contributed by atoms with Gasteiger partial charge in [0.25, 0.3) is 0 Å². The van der Waals surface area contributed by atoms with Gasteiger partial charge in [-0.05, 0) is 36.8 Å². The lowest BCUT2D eigenvalue weighted by Crippen LogP contribution is -2.47. The predicted octanol–water partition coefficient (Wildman–Crippen LogP) is 1.84. The molecule has 3 N–H and O–H groups in total. The third kappa shape index (κ3) is 3.36. The lowest BCUT2D eigenvalue weighted by atomic mass is 9.83. The second-order valence-electron chi connectivity index (χ2n) is 6.20. The Hall–Kier alpha value is -2.37. The van der Waals surface area contributed by atoms with E-state index < -0.39 is 6.04 Å². The highest BCUT2D eigenvalue weighted by Gasteiger charge is 2.28. The monoisotopic (exact) mass is 316 g/mol. The fourth-order valence-corrected chi connectivity index (χ4v) is 3.28. The Bertz CT molecular complexity index is 646. The lowest BCUT2D eigenvalue weighted by molar-refractivity contribution is -0.133. The van der Waals surface area contributed by atoms with Crippen LogP contribution in [0.25, 0.3) is 0 Å². The Morgan fingerprint density at radius 2 is 1.78 bits per heavy atom. The van der Waals surface area contributed by atoms with E-state index in [0.29, 0.717) is 24.9 Å². The van der Waals surface area contributed by atoms with Crippen molar-refractivity contribution in [3.05, 3.63) is 23.8 Å². The van der Waals surface area contributed by atoms with Crippen molar-refractivity contribution in [2.24, 2.45) is 0 Å². The van der Waals surface area contributed by atoms with Crippen LogP contribution >= 0.6 is 0 Å². The van der Waals surface area contributed by atoms with E-state index in [1.807, 2.05) is 12.1 Å². The molecule has 1 aliphatic heterocycles. The first-order valence-electron chi connectivity index (χ1n) is 7.98. The van der Waals surface area contributed by atoms with Gasteiger partial charge in [0.2, 0.25) is 11.8 Å². The molecule has 0 bridgehead atoms. The van der Waals surface area contributed by atoms with Gasteiger partial charge >= 0.3 is 0 Å². The third-order valence-corrected chi connectivity index (χ3v) is 4.62. The molecule has 6 nitrogen and oxygen atoms in total. The first-order valence-corrected chi connectivity index (χ1v) is 7.98. The predicted molar refractivity (Wildman–Crippen MR) is 84.1 cm³/mol. The minimum atomic E-state index is -0.526. The summed E-state index contributed by atoms with van der Waals surface area (Å²) in [5.41, 5.74) is 1.31. The average molecular weight is 316 g/mol. The molecule has 2 amide bonds. The van der Waals surface area contributed by atoms with Gasteiger partial charge in [0.05, 0.1) is 5.69 Å². The van der Waals surface area contributed by atoms with Gasteiger partial charge < -0.3 is 10.4 Å². The number of phenolic OH excluding ortho intramolecular Hbond substituents is 1. The van der Waals surface area contributed by atoms with E-state index in [9.17, 15) is 19.5 Å². The maximum absolute atomic E-state index is 11.8. The summed E-state index contributed by atoms with van der Waals surface area (Å²) in [6.07, 6.45) is 3.28. The zero-order valence-electron chi connectivity index (χ0n) is 12.8. The number of rotatable bonds is 3. The van der Waals surface area contributed by atoms with Crippen molar-refractivity contribution < 1.29 is 19.5 Å². The number of benzene rings is 1. The molecule has 23 heavy (non-hydrogen) atoms. The van der Waals surface area contributed by atoms with Crippen LogP contribution in [-0.4, -0.2) is 28.7 Å². The maximum Gasteiger partial charge on any atom is 0.249 e. The van der Waals surface area contributed by atoms with E-state index in [2.05, 4.69) is 10.6 Å². The largest absolute Gasteiger partial charge is 0.505 e. The Morgan fingerprint density at radius 1 is 1.04 bits per heavy atom. The number of imide groups is 1. The number of nitrogens with one attached hydrogen (secondary N) is 2. The number of phenols is 1. The summed E-state index contributed by atoms with van der Waals surface area (Å²) >= 11 is 0. The zero-order chi connectivity index (χ0) is 16.4. The van der Waals surface area contributed by atoms with Crippen molar-refractivity contribution in [2.45, 2.75) is 50.5 Å². The normalized spacial score (nSPS) is 22.8. The van der Waals surface area contributed by atoms with Gasteiger partial charge in [-0.2, -0.15) is 0 Å². The summed E-state index contributed by atoms with van der Waals surface area (Å²) in [6, 6.07) is 4.89. The summed E-state index contributed by atoms with van der Waals surface area (Å²) in [7, 11) is 0. The van der Waals surface area contributed by atoms with Gasteiger partial charge in [0.15, 0.2) is 0 Å². The number of Topliss-reactive ketones (excluding diaryl/α,β-unsaturated/α-hetero) is 1. The van der Waals surface area contributed by atoms with Crippen molar-refractivity contribution in [1.82, 2.24) is 5.32 Å². The van der Waals surface area contributed by atoms with Crippen LogP contribution in [-0.2, 0) is 14.4 Å². The highest BCUT2D eigenvalue weighted by Crippen LogP contribution is 2.39. The number of ketones is 1. The average Bonchev–Trinajstić information content (AvgIpc) is 2.53. The zero-order valence-corrected chi connectivity index (χ0v) is 12.8. The van der Waals surface area contributed by atoms with Crippen LogP contribution in [0.5, 0.6) is 5.75 Å². The van der Waals surface area contributed by atoms with Gasteiger partial charge in [-0.25, -0.2) is 0 Å². The second kappa shape index (κ2) is 6.40. The summed E-state index contributed by atoms with van der Waals surface area (Å²) in [5, 5.41) is 15.8. The summed E-state index contributed by atoms with van der Waals surface area (Å²) in [6.45, 7) is 0. The van der Waals surface area contributed by atoms with Crippen LogP contribution in [0, 0.1) is 0 Å². The van der Waals surface area contributed by atoms with Crippen molar-refractivity contribution in [3.63, 3.8) is 0 Å². The van der Waals surface area contributed by atoms with E-state index in [1.165, 1.54) is 0 Å². The molecule has 1 heterocycles. The van der Waals surface area contributed by atoms with E-state index in [-0.39, 0.29) is 35.7 Å².